The molecule has 0 radical (unpaired) electrons. The van der Waals surface area contributed by atoms with Gasteiger partial charge < -0.3 is 9.47 Å². The minimum atomic E-state index is -4.57. The molecule has 0 aliphatic heterocycles. The lowest BCUT2D eigenvalue weighted by Gasteiger charge is -2.15. The summed E-state index contributed by atoms with van der Waals surface area (Å²) < 4.78 is 49.2. The third-order valence-electron chi connectivity index (χ3n) is 3.24. The van der Waals surface area contributed by atoms with E-state index in [9.17, 15) is 18.0 Å². The molecule has 2 aromatic rings. The van der Waals surface area contributed by atoms with Crippen molar-refractivity contribution in [3.8, 4) is 11.5 Å². The lowest BCUT2D eigenvalue weighted by atomic mass is 10.2. The van der Waals surface area contributed by atoms with Crippen LogP contribution in [0.3, 0.4) is 0 Å². The van der Waals surface area contributed by atoms with E-state index < -0.39 is 24.3 Å². The topological polar surface area (TPSA) is 77.7 Å². The number of carbonyl (C=O) groups excluding carboxylic acids is 1. The zero-order chi connectivity index (χ0) is 20.9. The first kappa shape index (κ1) is 21.5. The van der Waals surface area contributed by atoms with Crippen molar-refractivity contribution in [3.05, 3.63) is 40.7 Å². The van der Waals surface area contributed by atoms with Gasteiger partial charge in [0.15, 0.2) is 17.2 Å². The third-order valence-corrected chi connectivity index (χ3v) is 3.53. The molecule has 1 N–H and O–H groups in total. The minimum Gasteiger partial charge on any atom is -0.493 e. The molecule has 7 nitrogen and oxygen atoms in total. The summed E-state index contributed by atoms with van der Waals surface area (Å²) in [6.45, 7) is 3.27. The summed E-state index contributed by atoms with van der Waals surface area (Å²) in [7, 11) is 1.46. The van der Waals surface area contributed by atoms with Crippen LogP contribution < -0.4 is 14.9 Å². The molecule has 1 heterocycles. The van der Waals surface area contributed by atoms with E-state index in [1.807, 2.05) is 13.8 Å². The average Bonchev–Trinajstić information content (AvgIpc) is 3.05. The van der Waals surface area contributed by atoms with E-state index in [0.717, 1.165) is 16.9 Å². The van der Waals surface area contributed by atoms with Crippen LogP contribution in [0.1, 0.15) is 25.1 Å². The fourth-order valence-electron chi connectivity index (χ4n) is 2.13. The molecular weight excluding hydrogens is 401 g/mol. The molecule has 0 aliphatic carbocycles. The van der Waals surface area contributed by atoms with Crippen LogP contribution in [0.4, 0.5) is 13.2 Å². The second-order valence-corrected chi connectivity index (χ2v) is 6.30. The molecule has 1 aromatic heterocycles. The Morgan fingerprint density at radius 2 is 2.14 bits per heavy atom. The third kappa shape index (κ3) is 5.88. The van der Waals surface area contributed by atoms with Gasteiger partial charge in [-0.25, -0.2) is 5.43 Å². The molecule has 0 fully saturated rings. The number of hydrogen-bond donors (Lipinski definition) is 1. The first-order chi connectivity index (χ1) is 13.1. The maximum atomic E-state index is 12.5. The van der Waals surface area contributed by atoms with Crippen LogP contribution >= 0.6 is 11.6 Å². The second-order valence-electron chi connectivity index (χ2n) is 5.89. The highest BCUT2D eigenvalue weighted by atomic mass is 35.5. The van der Waals surface area contributed by atoms with Crippen LogP contribution in [0.15, 0.2) is 29.5 Å². The van der Waals surface area contributed by atoms with E-state index in [4.69, 9.17) is 21.1 Å². The van der Waals surface area contributed by atoms with Crippen LogP contribution in [0.25, 0.3) is 0 Å². The summed E-state index contributed by atoms with van der Waals surface area (Å²) >= 11 is 6.19. The quantitative estimate of drug-likeness (QED) is 0.551. The van der Waals surface area contributed by atoms with Gasteiger partial charge in [-0.3, -0.25) is 9.48 Å². The molecule has 0 atom stereocenters. The fraction of sp³-hybridized carbons (Fsp3) is 0.353. The molecule has 0 saturated carbocycles. The van der Waals surface area contributed by atoms with Crippen molar-refractivity contribution in [1.29, 1.82) is 0 Å². The van der Waals surface area contributed by atoms with Gasteiger partial charge in [0.05, 0.1) is 24.5 Å². The molecular formula is C17H18ClF3N4O3. The summed E-state index contributed by atoms with van der Waals surface area (Å²) in [6.07, 6.45) is -2.30. The van der Waals surface area contributed by atoms with Gasteiger partial charge in [-0.2, -0.15) is 23.4 Å². The Labute approximate surface area is 164 Å². The molecule has 0 saturated heterocycles. The molecule has 0 spiro atoms. The minimum absolute atomic E-state index is 0.106. The molecule has 2 rings (SSSR count). The van der Waals surface area contributed by atoms with Gasteiger partial charge in [0.25, 0.3) is 5.91 Å². The first-order valence-electron chi connectivity index (χ1n) is 8.07. The van der Waals surface area contributed by atoms with E-state index >= 15 is 0 Å². The number of halogens is 4. The van der Waals surface area contributed by atoms with Crippen molar-refractivity contribution in [1.82, 2.24) is 15.2 Å². The average molecular weight is 419 g/mol. The van der Waals surface area contributed by atoms with E-state index in [0.29, 0.717) is 22.1 Å². The predicted octanol–water partition coefficient (Wildman–Crippen LogP) is 3.50. The first-order valence-corrected chi connectivity index (χ1v) is 8.44. The van der Waals surface area contributed by atoms with Gasteiger partial charge >= 0.3 is 6.18 Å². The molecule has 1 aromatic carbocycles. The van der Waals surface area contributed by atoms with Crippen molar-refractivity contribution in [2.75, 3.05) is 7.11 Å². The number of hydrogen-bond acceptors (Lipinski definition) is 5. The van der Waals surface area contributed by atoms with E-state index in [2.05, 4.69) is 15.6 Å². The molecule has 28 heavy (non-hydrogen) atoms. The number of amides is 1. The normalized spacial score (nSPS) is 11.9. The molecule has 0 aliphatic rings. The maximum Gasteiger partial charge on any atom is 0.435 e. The lowest BCUT2D eigenvalue weighted by molar-refractivity contribution is -0.141. The fourth-order valence-corrected chi connectivity index (χ4v) is 2.39. The number of aromatic nitrogens is 2. The lowest BCUT2D eigenvalue weighted by Crippen LogP contribution is -2.23. The number of rotatable bonds is 7. The Hall–Kier alpha value is -2.75. The molecule has 0 unspecified atom stereocenters. The summed E-state index contributed by atoms with van der Waals surface area (Å²) in [5, 5.41) is 7.35. The molecule has 1 amide bonds. The molecule has 152 valence electrons. The predicted molar refractivity (Wildman–Crippen MR) is 96.7 cm³/mol. The summed E-state index contributed by atoms with van der Waals surface area (Å²) in [5.74, 6) is 0.135. The highest BCUT2D eigenvalue weighted by Crippen LogP contribution is 2.36. The highest BCUT2D eigenvalue weighted by Gasteiger charge is 2.33. The van der Waals surface area contributed by atoms with Crippen LogP contribution in [0.2, 0.25) is 5.02 Å². The number of benzene rings is 1. The van der Waals surface area contributed by atoms with Crippen LogP contribution in [-0.4, -0.2) is 35.1 Å². The Kier molecular flexibility index (Phi) is 6.90. The van der Waals surface area contributed by atoms with E-state index in [-0.39, 0.29) is 6.10 Å². The number of nitrogens with zero attached hydrogens (tertiary/aromatic N) is 3. The van der Waals surface area contributed by atoms with Gasteiger partial charge in [0, 0.05) is 6.20 Å². The van der Waals surface area contributed by atoms with E-state index in [1.165, 1.54) is 13.3 Å². The van der Waals surface area contributed by atoms with Crippen molar-refractivity contribution in [3.63, 3.8) is 0 Å². The van der Waals surface area contributed by atoms with Gasteiger partial charge in [-0.05, 0) is 37.6 Å². The highest BCUT2D eigenvalue weighted by molar-refractivity contribution is 6.32. The summed E-state index contributed by atoms with van der Waals surface area (Å²) in [4.78, 5) is 11.8. The standard InChI is InChI=1S/C17H18ClF3N4O3/c1-10(2)28-16-12(18)6-11(7-13(16)27-3)8-22-23-15(26)9-25-5-4-14(24-25)17(19,20)21/h4-8,10H,9H2,1-3H3,(H,23,26). The number of methoxy groups -OCH3 is 1. The van der Waals surface area contributed by atoms with Gasteiger partial charge in [0.2, 0.25) is 0 Å². The maximum absolute atomic E-state index is 12.5. The Bertz CT molecular complexity index is 866. The van der Waals surface area contributed by atoms with Crippen molar-refractivity contribution < 1.29 is 27.4 Å². The smallest absolute Gasteiger partial charge is 0.435 e. The largest absolute Gasteiger partial charge is 0.493 e. The second kappa shape index (κ2) is 8.96. The van der Waals surface area contributed by atoms with Crippen molar-refractivity contribution >= 4 is 23.7 Å². The molecule has 0 bridgehead atoms. The number of hydrazone groups is 1. The van der Waals surface area contributed by atoms with Gasteiger partial charge in [-0.15, -0.1) is 0 Å². The number of ether oxygens (including phenoxy) is 2. The monoisotopic (exact) mass is 418 g/mol. The Morgan fingerprint density at radius 1 is 1.43 bits per heavy atom. The SMILES string of the molecule is COc1cc(C=NNC(=O)Cn2ccc(C(F)(F)F)n2)cc(Cl)c1OC(C)C. The summed E-state index contributed by atoms with van der Waals surface area (Å²) in [5.41, 5.74) is 1.65. The van der Waals surface area contributed by atoms with Crippen LogP contribution in [-0.2, 0) is 17.5 Å². The van der Waals surface area contributed by atoms with Crippen LogP contribution in [0, 0.1) is 0 Å². The van der Waals surface area contributed by atoms with Crippen LogP contribution in [0.5, 0.6) is 11.5 Å². The van der Waals surface area contributed by atoms with Gasteiger partial charge in [0.1, 0.15) is 6.54 Å². The zero-order valence-corrected chi connectivity index (χ0v) is 16.0. The zero-order valence-electron chi connectivity index (χ0n) is 15.2. The van der Waals surface area contributed by atoms with E-state index in [1.54, 1.807) is 12.1 Å². The number of nitrogens with one attached hydrogen (secondary N) is 1. The summed E-state index contributed by atoms with van der Waals surface area (Å²) in [6, 6.07) is 3.97. The van der Waals surface area contributed by atoms with Gasteiger partial charge in [-0.1, -0.05) is 11.6 Å². The Morgan fingerprint density at radius 3 is 2.71 bits per heavy atom. The van der Waals surface area contributed by atoms with Crippen molar-refractivity contribution in [2.45, 2.75) is 32.7 Å². The van der Waals surface area contributed by atoms with Crippen molar-refractivity contribution in [2.24, 2.45) is 5.10 Å². The number of alkyl halides is 3. The molecule has 11 heteroatoms. The number of carbonyl (C=O) groups is 1. The Balaban J connectivity index is 2.01.